The molecule has 1 saturated heterocycles. The second-order valence-electron chi connectivity index (χ2n) is 4.10. The van der Waals surface area contributed by atoms with Gasteiger partial charge in [0.2, 0.25) is 0 Å². The molecular formula is C12H12N4. The highest BCUT2D eigenvalue weighted by molar-refractivity contribution is 5.95. The Morgan fingerprint density at radius 3 is 2.88 bits per heavy atom. The molecule has 0 atom stereocenters. The van der Waals surface area contributed by atoms with Gasteiger partial charge in [-0.05, 0) is 25.0 Å². The highest BCUT2D eigenvalue weighted by Gasteiger charge is 2.16. The van der Waals surface area contributed by atoms with Crippen molar-refractivity contribution in [1.29, 1.82) is 5.26 Å². The minimum atomic E-state index is 0.662. The third-order valence-corrected chi connectivity index (χ3v) is 3.16. The number of nitrogens with one attached hydrogen (secondary N) is 1. The van der Waals surface area contributed by atoms with Gasteiger partial charge < -0.3 is 4.90 Å². The number of nitriles is 1. The largest absolute Gasteiger partial charge is 0.371 e. The standard InChI is InChI=1S/C12H12N4/c13-7-9-3-4-11(16-5-1-2-6-16)10-8-14-15-12(9)10/h3-4,8H,1-2,5-6H2,(H,14,15). The number of aromatic nitrogens is 2. The molecule has 0 saturated carbocycles. The lowest BCUT2D eigenvalue weighted by atomic mass is 10.1. The Labute approximate surface area is 93.5 Å². The number of benzene rings is 1. The van der Waals surface area contributed by atoms with Crippen LogP contribution in [0.1, 0.15) is 18.4 Å². The Morgan fingerprint density at radius 2 is 2.12 bits per heavy atom. The third kappa shape index (κ3) is 1.25. The van der Waals surface area contributed by atoms with Crippen LogP contribution < -0.4 is 4.90 Å². The molecule has 0 aliphatic carbocycles. The van der Waals surface area contributed by atoms with Crippen molar-refractivity contribution in [3.63, 3.8) is 0 Å². The van der Waals surface area contributed by atoms with E-state index in [9.17, 15) is 0 Å². The molecule has 4 heteroatoms. The maximum absolute atomic E-state index is 9.00. The molecule has 80 valence electrons. The van der Waals surface area contributed by atoms with Crippen LogP contribution in [0.4, 0.5) is 5.69 Å². The molecule has 1 aromatic carbocycles. The molecule has 4 nitrogen and oxygen atoms in total. The van der Waals surface area contributed by atoms with Crippen molar-refractivity contribution in [2.75, 3.05) is 18.0 Å². The first kappa shape index (κ1) is 9.22. The zero-order chi connectivity index (χ0) is 11.0. The van der Waals surface area contributed by atoms with Crippen molar-refractivity contribution < 1.29 is 0 Å². The van der Waals surface area contributed by atoms with Gasteiger partial charge in [-0.3, -0.25) is 5.10 Å². The summed E-state index contributed by atoms with van der Waals surface area (Å²) in [5, 5.41) is 17.0. The predicted octanol–water partition coefficient (Wildman–Crippen LogP) is 2.03. The lowest BCUT2D eigenvalue weighted by molar-refractivity contribution is 0.949. The number of fused-ring (bicyclic) bond motifs is 1. The van der Waals surface area contributed by atoms with Gasteiger partial charge in [-0.15, -0.1) is 0 Å². The Bertz CT molecular complexity index is 558. The van der Waals surface area contributed by atoms with E-state index in [4.69, 9.17) is 5.26 Å². The van der Waals surface area contributed by atoms with E-state index in [1.165, 1.54) is 18.5 Å². The maximum atomic E-state index is 9.00. The first-order valence-corrected chi connectivity index (χ1v) is 5.51. The average molecular weight is 212 g/mol. The first-order chi connectivity index (χ1) is 7.90. The zero-order valence-corrected chi connectivity index (χ0v) is 8.90. The number of anilines is 1. The van der Waals surface area contributed by atoms with Gasteiger partial charge in [-0.2, -0.15) is 10.4 Å². The first-order valence-electron chi connectivity index (χ1n) is 5.51. The summed E-state index contributed by atoms with van der Waals surface area (Å²) in [6.07, 6.45) is 4.31. The van der Waals surface area contributed by atoms with Crippen molar-refractivity contribution in [1.82, 2.24) is 10.2 Å². The second kappa shape index (κ2) is 3.53. The normalized spacial score (nSPS) is 15.6. The second-order valence-corrected chi connectivity index (χ2v) is 4.10. The smallest absolute Gasteiger partial charge is 0.101 e. The predicted molar refractivity (Wildman–Crippen MR) is 62.3 cm³/mol. The summed E-state index contributed by atoms with van der Waals surface area (Å²) >= 11 is 0. The molecule has 0 spiro atoms. The van der Waals surface area contributed by atoms with Gasteiger partial charge in [0.15, 0.2) is 0 Å². The van der Waals surface area contributed by atoms with E-state index in [0.717, 1.165) is 24.0 Å². The lowest BCUT2D eigenvalue weighted by Gasteiger charge is -2.18. The summed E-state index contributed by atoms with van der Waals surface area (Å²) in [6, 6.07) is 6.08. The summed E-state index contributed by atoms with van der Waals surface area (Å²) < 4.78 is 0. The Hall–Kier alpha value is -2.02. The number of aromatic amines is 1. The molecular weight excluding hydrogens is 200 g/mol. The summed E-state index contributed by atoms with van der Waals surface area (Å²) in [5.41, 5.74) is 2.71. The third-order valence-electron chi connectivity index (χ3n) is 3.16. The number of nitrogens with zero attached hydrogens (tertiary/aromatic N) is 3. The quantitative estimate of drug-likeness (QED) is 0.787. The summed E-state index contributed by atoms with van der Waals surface area (Å²) in [4.78, 5) is 2.36. The fraction of sp³-hybridized carbons (Fsp3) is 0.333. The molecule has 1 aromatic heterocycles. The molecule has 2 aromatic rings. The highest BCUT2D eigenvalue weighted by Crippen LogP contribution is 2.29. The SMILES string of the molecule is N#Cc1ccc(N2CCCC2)c2cn[nH]c12. The molecule has 1 N–H and O–H groups in total. The van der Waals surface area contributed by atoms with E-state index in [-0.39, 0.29) is 0 Å². The van der Waals surface area contributed by atoms with Gasteiger partial charge in [0.05, 0.1) is 17.3 Å². The molecule has 2 heterocycles. The van der Waals surface area contributed by atoms with Crippen molar-refractivity contribution >= 4 is 16.6 Å². The molecule has 0 unspecified atom stereocenters. The van der Waals surface area contributed by atoms with E-state index in [1.807, 2.05) is 18.3 Å². The monoisotopic (exact) mass is 212 g/mol. The summed E-state index contributed by atoms with van der Waals surface area (Å²) in [6.45, 7) is 2.21. The minimum Gasteiger partial charge on any atom is -0.371 e. The molecule has 1 aliphatic heterocycles. The van der Waals surface area contributed by atoms with Crippen LogP contribution in [0.5, 0.6) is 0 Å². The van der Waals surface area contributed by atoms with Crippen molar-refractivity contribution in [3.8, 4) is 6.07 Å². The Kier molecular flexibility index (Phi) is 2.03. The molecule has 16 heavy (non-hydrogen) atoms. The van der Waals surface area contributed by atoms with Crippen LogP contribution in [-0.2, 0) is 0 Å². The number of hydrogen-bond acceptors (Lipinski definition) is 3. The van der Waals surface area contributed by atoms with Crippen LogP contribution in [-0.4, -0.2) is 23.3 Å². The topological polar surface area (TPSA) is 55.7 Å². The fourth-order valence-corrected chi connectivity index (χ4v) is 2.35. The van der Waals surface area contributed by atoms with Gasteiger partial charge >= 0.3 is 0 Å². The van der Waals surface area contributed by atoms with Crippen LogP contribution in [0, 0.1) is 11.3 Å². The summed E-state index contributed by atoms with van der Waals surface area (Å²) in [7, 11) is 0. The van der Waals surface area contributed by atoms with E-state index >= 15 is 0 Å². The van der Waals surface area contributed by atoms with Crippen LogP contribution in [0.15, 0.2) is 18.3 Å². The Morgan fingerprint density at radius 1 is 1.31 bits per heavy atom. The molecule has 1 fully saturated rings. The van der Waals surface area contributed by atoms with Gasteiger partial charge in [-0.25, -0.2) is 0 Å². The van der Waals surface area contributed by atoms with Crippen LogP contribution >= 0.6 is 0 Å². The number of H-pyrrole nitrogens is 1. The van der Waals surface area contributed by atoms with Gasteiger partial charge in [0, 0.05) is 24.2 Å². The minimum absolute atomic E-state index is 0.662. The molecule has 3 rings (SSSR count). The lowest BCUT2D eigenvalue weighted by Crippen LogP contribution is -2.17. The van der Waals surface area contributed by atoms with Crippen molar-refractivity contribution in [3.05, 3.63) is 23.9 Å². The van der Waals surface area contributed by atoms with E-state index in [1.54, 1.807) is 0 Å². The Balaban J connectivity index is 2.19. The van der Waals surface area contributed by atoms with Crippen LogP contribution in [0.25, 0.3) is 10.9 Å². The van der Waals surface area contributed by atoms with Gasteiger partial charge in [0.25, 0.3) is 0 Å². The molecule has 0 amide bonds. The zero-order valence-electron chi connectivity index (χ0n) is 8.90. The van der Waals surface area contributed by atoms with Crippen molar-refractivity contribution in [2.24, 2.45) is 0 Å². The number of hydrogen-bond donors (Lipinski definition) is 1. The van der Waals surface area contributed by atoms with Crippen LogP contribution in [0.2, 0.25) is 0 Å². The maximum Gasteiger partial charge on any atom is 0.101 e. The number of rotatable bonds is 1. The van der Waals surface area contributed by atoms with E-state index < -0.39 is 0 Å². The van der Waals surface area contributed by atoms with Crippen LogP contribution in [0.3, 0.4) is 0 Å². The molecule has 0 radical (unpaired) electrons. The molecule has 1 aliphatic rings. The highest BCUT2D eigenvalue weighted by atomic mass is 15.2. The average Bonchev–Trinajstić information content (AvgIpc) is 2.98. The van der Waals surface area contributed by atoms with E-state index in [0.29, 0.717) is 5.56 Å². The fourth-order valence-electron chi connectivity index (χ4n) is 2.35. The van der Waals surface area contributed by atoms with Gasteiger partial charge in [-0.1, -0.05) is 0 Å². The van der Waals surface area contributed by atoms with E-state index in [2.05, 4.69) is 21.2 Å². The molecule has 0 bridgehead atoms. The van der Waals surface area contributed by atoms with Gasteiger partial charge in [0.1, 0.15) is 6.07 Å². The summed E-state index contributed by atoms with van der Waals surface area (Å²) in [5.74, 6) is 0. The van der Waals surface area contributed by atoms with Crippen molar-refractivity contribution in [2.45, 2.75) is 12.8 Å².